The zero-order chi connectivity index (χ0) is 12.1. The van der Waals surface area contributed by atoms with Crippen LogP contribution in [0, 0.1) is 0 Å². The third-order valence-corrected chi connectivity index (χ3v) is 2.79. The Morgan fingerprint density at radius 3 is 2.12 bits per heavy atom. The van der Waals surface area contributed by atoms with E-state index in [1.165, 1.54) is 0 Å². The zero-order valence-corrected chi connectivity index (χ0v) is 11.5. The highest BCUT2D eigenvalue weighted by Crippen LogP contribution is 2.36. The van der Waals surface area contributed by atoms with Gasteiger partial charge in [-0.25, -0.2) is 0 Å². The summed E-state index contributed by atoms with van der Waals surface area (Å²) in [4.78, 5) is 5.63. The Morgan fingerprint density at radius 2 is 1.69 bits per heavy atom. The van der Waals surface area contributed by atoms with Gasteiger partial charge in [-0.1, -0.05) is 41.7 Å². The fourth-order valence-electron chi connectivity index (χ4n) is 1.26. The Hall–Kier alpha value is -0.150. The number of hydrogen-bond acceptors (Lipinski definition) is 2. The molecule has 0 heterocycles. The van der Waals surface area contributed by atoms with Crippen molar-refractivity contribution in [2.24, 2.45) is 0 Å². The van der Waals surface area contributed by atoms with Gasteiger partial charge in [0.05, 0.1) is 10.0 Å². The van der Waals surface area contributed by atoms with E-state index >= 15 is 0 Å². The summed E-state index contributed by atoms with van der Waals surface area (Å²) in [6.07, 6.45) is 0.997. The van der Waals surface area contributed by atoms with Crippen LogP contribution in [0.4, 0.5) is 0 Å². The number of benzene rings is 1. The number of rotatable bonds is 5. The van der Waals surface area contributed by atoms with Crippen LogP contribution in [0.1, 0.15) is 20.3 Å². The molecule has 5 heteroatoms. The van der Waals surface area contributed by atoms with Gasteiger partial charge in [0.1, 0.15) is 0 Å². The van der Waals surface area contributed by atoms with Crippen molar-refractivity contribution in [3.8, 4) is 5.75 Å². The molecule has 0 radical (unpaired) electrons. The standard InChI is InChI=1S/C11H14Cl3NO/c1-3-5-15(4-2)16-11-9(13)6-8(12)7-10(11)14/h6-7H,3-5H2,1-2H3. The summed E-state index contributed by atoms with van der Waals surface area (Å²) >= 11 is 17.8. The van der Waals surface area contributed by atoms with Gasteiger partial charge in [-0.2, -0.15) is 0 Å². The van der Waals surface area contributed by atoms with Gasteiger partial charge in [-0.15, -0.1) is 5.06 Å². The van der Waals surface area contributed by atoms with Crippen LogP contribution in [-0.2, 0) is 0 Å². The molecule has 0 unspecified atom stereocenters. The fraction of sp³-hybridized carbons (Fsp3) is 0.455. The maximum absolute atomic E-state index is 6.02. The molecule has 0 fully saturated rings. The van der Waals surface area contributed by atoms with Crippen molar-refractivity contribution in [1.82, 2.24) is 5.06 Å². The molecule has 0 atom stereocenters. The smallest absolute Gasteiger partial charge is 0.184 e. The number of nitrogens with zero attached hydrogens (tertiary/aromatic N) is 1. The van der Waals surface area contributed by atoms with Crippen molar-refractivity contribution in [2.45, 2.75) is 20.3 Å². The molecule has 1 aromatic carbocycles. The van der Waals surface area contributed by atoms with Crippen molar-refractivity contribution in [2.75, 3.05) is 13.1 Å². The van der Waals surface area contributed by atoms with Crippen LogP contribution in [0.25, 0.3) is 0 Å². The summed E-state index contributed by atoms with van der Waals surface area (Å²) in [5, 5.41) is 3.15. The van der Waals surface area contributed by atoms with Crippen molar-refractivity contribution in [3.05, 3.63) is 27.2 Å². The third-order valence-electron chi connectivity index (χ3n) is 2.01. The molecular formula is C11H14Cl3NO. The van der Waals surface area contributed by atoms with Gasteiger partial charge in [-0.05, 0) is 25.5 Å². The first-order valence-corrected chi connectivity index (χ1v) is 6.29. The van der Waals surface area contributed by atoms with E-state index in [1.807, 2.05) is 6.92 Å². The lowest BCUT2D eigenvalue weighted by Gasteiger charge is -2.21. The predicted molar refractivity (Wildman–Crippen MR) is 69.6 cm³/mol. The van der Waals surface area contributed by atoms with Gasteiger partial charge in [0.15, 0.2) is 5.75 Å². The molecule has 0 aliphatic heterocycles. The van der Waals surface area contributed by atoms with Gasteiger partial charge in [-0.3, -0.25) is 0 Å². The molecule has 0 aliphatic rings. The lowest BCUT2D eigenvalue weighted by molar-refractivity contribution is -0.0532. The molecule has 0 saturated carbocycles. The van der Waals surface area contributed by atoms with Gasteiger partial charge in [0.2, 0.25) is 0 Å². The molecule has 2 nitrogen and oxygen atoms in total. The quantitative estimate of drug-likeness (QED) is 0.728. The second kappa shape index (κ2) is 6.55. The summed E-state index contributed by atoms with van der Waals surface area (Å²) in [6, 6.07) is 3.23. The molecule has 0 aliphatic carbocycles. The first-order chi connectivity index (χ1) is 7.58. The van der Waals surface area contributed by atoms with E-state index < -0.39 is 0 Å². The van der Waals surface area contributed by atoms with Crippen LogP contribution in [0.3, 0.4) is 0 Å². The number of halogens is 3. The van der Waals surface area contributed by atoms with E-state index in [0.29, 0.717) is 20.8 Å². The Balaban J connectivity index is 2.87. The molecular weight excluding hydrogens is 268 g/mol. The maximum atomic E-state index is 6.02. The Morgan fingerprint density at radius 1 is 1.12 bits per heavy atom. The van der Waals surface area contributed by atoms with Crippen LogP contribution in [0.15, 0.2) is 12.1 Å². The Kier molecular flexibility index (Phi) is 5.70. The summed E-state index contributed by atoms with van der Waals surface area (Å²) in [5.74, 6) is 0.461. The maximum Gasteiger partial charge on any atom is 0.184 e. The average Bonchev–Trinajstić information content (AvgIpc) is 2.21. The van der Waals surface area contributed by atoms with Gasteiger partial charge in [0.25, 0.3) is 0 Å². The van der Waals surface area contributed by atoms with Crippen LogP contribution < -0.4 is 4.84 Å². The Labute approximate surface area is 111 Å². The zero-order valence-electron chi connectivity index (χ0n) is 9.27. The highest BCUT2D eigenvalue weighted by molar-refractivity contribution is 6.40. The molecule has 0 amide bonds. The van der Waals surface area contributed by atoms with E-state index in [1.54, 1.807) is 17.2 Å². The first kappa shape index (κ1) is 13.9. The van der Waals surface area contributed by atoms with Crippen LogP contribution >= 0.6 is 34.8 Å². The molecule has 1 aromatic rings. The van der Waals surface area contributed by atoms with Crippen LogP contribution in [0.5, 0.6) is 5.75 Å². The predicted octanol–water partition coefficient (Wildman–Crippen LogP) is 4.67. The lowest BCUT2D eigenvalue weighted by Crippen LogP contribution is -2.28. The first-order valence-electron chi connectivity index (χ1n) is 5.16. The van der Waals surface area contributed by atoms with Crippen molar-refractivity contribution in [3.63, 3.8) is 0 Å². The fourth-order valence-corrected chi connectivity index (χ4v) is 2.15. The molecule has 0 spiro atoms. The number of hydrogen-bond donors (Lipinski definition) is 0. The van der Waals surface area contributed by atoms with Gasteiger partial charge >= 0.3 is 0 Å². The Bertz CT molecular complexity index is 334. The van der Waals surface area contributed by atoms with Crippen LogP contribution in [-0.4, -0.2) is 18.2 Å². The molecule has 90 valence electrons. The topological polar surface area (TPSA) is 12.5 Å². The highest BCUT2D eigenvalue weighted by Gasteiger charge is 2.12. The average molecular weight is 283 g/mol. The van der Waals surface area contributed by atoms with E-state index in [2.05, 4.69) is 6.92 Å². The molecule has 16 heavy (non-hydrogen) atoms. The molecule has 0 N–H and O–H groups in total. The molecule has 0 bridgehead atoms. The second-order valence-corrected chi connectivity index (χ2v) is 4.56. The highest BCUT2D eigenvalue weighted by atomic mass is 35.5. The second-order valence-electron chi connectivity index (χ2n) is 3.31. The summed E-state index contributed by atoms with van der Waals surface area (Å²) in [5.41, 5.74) is 0. The molecule has 1 rings (SSSR count). The van der Waals surface area contributed by atoms with E-state index in [-0.39, 0.29) is 0 Å². The SMILES string of the molecule is CCCN(CC)Oc1c(Cl)cc(Cl)cc1Cl. The van der Waals surface area contributed by atoms with Crippen molar-refractivity contribution in [1.29, 1.82) is 0 Å². The van der Waals surface area contributed by atoms with E-state index in [4.69, 9.17) is 39.6 Å². The van der Waals surface area contributed by atoms with Gasteiger partial charge in [0, 0.05) is 18.1 Å². The van der Waals surface area contributed by atoms with E-state index in [0.717, 1.165) is 19.5 Å². The summed E-state index contributed by atoms with van der Waals surface area (Å²) in [7, 11) is 0. The minimum Gasteiger partial charge on any atom is -0.403 e. The van der Waals surface area contributed by atoms with Gasteiger partial charge < -0.3 is 4.84 Å². The third kappa shape index (κ3) is 3.70. The summed E-state index contributed by atoms with van der Waals surface area (Å²) < 4.78 is 0. The van der Waals surface area contributed by atoms with E-state index in [9.17, 15) is 0 Å². The largest absolute Gasteiger partial charge is 0.403 e. The normalized spacial score (nSPS) is 10.9. The number of hydroxylamine groups is 2. The molecule has 0 saturated heterocycles. The lowest BCUT2D eigenvalue weighted by atomic mass is 10.3. The van der Waals surface area contributed by atoms with Crippen molar-refractivity contribution < 1.29 is 4.84 Å². The molecule has 0 aromatic heterocycles. The monoisotopic (exact) mass is 281 g/mol. The minimum atomic E-state index is 0.423. The van der Waals surface area contributed by atoms with Crippen molar-refractivity contribution >= 4 is 34.8 Å². The van der Waals surface area contributed by atoms with Crippen LogP contribution in [0.2, 0.25) is 15.1 Å². The minimum absolute atomic E-state index is 0.423. The summed E-state index contributed by atoms with van der Waals surface area (Å²) in [6.45, 7) is 5.68.